The maximum atomic E-state index is 12.6. The van der Waals surface area contributed by atoms with Crippen LogP contribution in [0.4, 0.5) is 4.79 Å². The minimum absolute atomic E-state index is 0.0831. The molecule has 124 valence electrons. The van der Waals surface area contributed by atoms with E-state index in [1.807, 2.05) is 31.4 Å². The summed E-state index contributed by atoms with van der Waals surface area (Å²) < 4.78 is 0. The molecule has 2 saturated heterocycles. The van der Waals surface area contributed by atoms with E-state index in [4.69, 9.17) is 0 Å². The van der Waals surface area contributed by atoms with E-state index in [9.17, 15) is 14.4 Å². The SMILES string of the molecule is CC(C)N1C(=O)NC2(CCN(C(=O)Cc3cccs3)CC2)C1=O. The van der Waals surface area contributed by atoms with Gasteiger partial charge in [-0.1, -0.05) is 6.07 Å². The zero-order valence-corrected chi connectivity index (χ0v) is 14.2. The number of carbonyl (C=O) groups excluding carboxylic acids is 3. The highest BCUT2D eigenvalue weighted by Crippen LogP contribution is 2.30. The summed E-state index contributed by atoms with van der Waals surface area (Å²) >= 11 is 1.57. The molecule has 2 fully saturated rings. The summed E-state index contributed by atoms with van der Waals surface area (Å²) in [5.41, 5.74) is -0.818. The van der Waals surface area contributed by atoms with Crippen molar-refractivity contribution in [3.63, 3.8) is 0 Å². The molecule has 0 atom stereocenters. The lowest BCUT2D eigenvalue weighted by molar-refractivity contribution is -0.138. The Labute approximate surface area is 139 Å². The maximum absolute atomic E-state index is 12.6. The fraction of sp³-hybridized carbons (Fsp3) is 0.562. The van der Waals surface area contributed by atoms with Gasteiger partial charge in [-0.25, -0.2) is 4.79 Å². The smallest absolute Gasteiger partial charge is 0.325 e. The molecule has 0 saturated carbocycles. The number of amides is 4. The normalized spacial score (nSPS) is 20.5. The molecule has 3 heterocycles. The zero-order valence-electron chi connectivity index (χ0n) is 13.4. The van der Waals surface area contributed by atoms with Gasteiger partial charge in [0.05, 0.1) is 6.42 Å². The van der Waals surface area contributed by atoms with Crippen LogP contribution >= 0.6 is 11.3 Å². The second kappa shape index (κ2) is 5.96. The first kappa shape index (κ1) is 16.0. The van der Waals surface area contributed by atoms with Crippen LogP contribution in [-0.2, 0) is 16.0 Å². The van der Waals surface area contributed by atoms with Gasteiger partial charge in [-0.15, -0.1) is 11.3 Å². The van der Waals surface area contributed by atoms with Gasteiger partial charge in [0.15, 0.2) is 0 Å². The van der Waals surface area contributed by atoms with Gasteiger partial charge in [0.1, 0.15) is 5.54 Å². The number of nitrogens with zero attached hydrogens (tertiary/aromatic N) is 2. The summed E-state index contributed by atoms with van der Waals surface area (Å²) in [6.45, 7) is 4.66. The van der Waals surface area contributed by atoms with Crippen molar-refractivity contribution in [2.24, 2.45) is 0 Å². The third-order valence-corrected chi connectivity index (χ3v) is 5.46. The van der Waals surface area contributed by atoms with Crippen molar-refractivity contribution in [2.75, 3.05) is 13.1 Å². The number of imide groups is 1. The van der Waals surface area contributed by atoms with Crippen LogP contribution < -0.4 is 5.32 Å². The zero-order chi connectivity index (χ0) is 16.6. The lowest BCUT2D eigenvalue weighted by Gasteiger charge is -2.37. The predicted octanol–water partition coefficient (Wildman–Crippen LogP) is 1.61. The van der Waals surface area contributed by atoms with Crippen LogP contribution in [0.3, 0.4) is 0 Å². The molecular formula is C16H21N3O3S. The van der Waals surface area contributed by atoms with Gasteiger partial charge in [0.25, 0.3) is 5.91 Å². The highest BCUT2D eigenvalue weighted by atomic mass is 32.1. The van der Waals surface area contributed by atoms with Gasteiger partial charge in [0, 0.05) is 24.0 Å². The molecule has 1 spiro atoms. The summed E-state index contributed by atoms with van der Waals surface area (Å²) in [6.07, 6.45) is 1.37. The summed E-state index contributed by atoms with van der Waals surface area (Å²) in [7, 11) is 0. The van der Waals surface area contributed by atoms with Crippen LogP contribution in [0.5, 0.6) is 0 Å². The van der Waals surface area contributed by atoms with E-state index >= 15 is 0 Å². The van der Waals surface area contributed by atoms with Gasteiger partial charge in [-0.2, -0.15) is 0 Å². The van der Waals surface area contributed by atoms with Crippen molar-refractivity contribution in [3.05, 3.63) is 22.4 Å². The van der Waals surface area contributed by atoms with Crippen molar-refractivity contribution in [3.8, 4) is 0 Å². The van der Waals surface area contributed by atoms with Crippen molar-refractivity contribution in [1.29, 1.82) is 0 Å². The molecule has 6 nitrogen and oxygen atoms in total. The highest BCUT2D eigenvalue weighted by molar-refractivity contribution is 7.10. The van der Waals surface area contributed by atoms with E-state index < -0.39 is 5.54 Å². The van der Waals surface area contributed by atoms with Gasteiger partial charge < -0.3 is 10.2 Å². The number of hydrogen-bond acceptors (Lipinski definition) is 4. The minimum atomic E-state index is -0.818. The van der Waals surface area contributed by atoms with Crippen LogP contribution in [0, 0.1) is 0 Å². The molecule has 3 rings (SSSR count). The third-order valence-electron chi connectivity index (χ3n) is 4.58. The molecular weight excluding hydrogens is 314 g/mol. The van der Waals surface area contributed by atoms with E-state index in [1.165, 1.54) is 4.90 Å². The second-order valence-corrected chi connectivity index (χ2v) is 7.45. The Morgan fingerprint density at radius 3 is 2.57 bits per heavy atom. The average molecular weight is 335 g/mol. The molecule has 1 aromatic heterocycles. The van der Waals surface area contributed by atoms with Crippen LogP contribution in [-0.4, -0.2) is 52.3 Å². The van der Waals surface area contributed by atoms with E-state index in [0.29, 0.717) is 32.4 Å². The summed E-state index contributed by atoms with van der Waals surface area (Å²) in [5.74, 6) is -0.0670. The molecule has 0 unspecified atom stereocenters. The molecule has 0 bridgehead atoms. The standard InChI is InChI=1S/C16H21N3O3S/c1-11(2)19-14(21)16(17-15(19)22)5-7-18(8-6-16)13(20)10-12-4-3-9-23-12/h3-4,9,11H,5-8,10H2,1-2H3,(H,17,22). The summed E-state index contributed by atoms with van der Waals surface area (Å²) in [5, 5.41) is 4.82. The summed E-state index contributed by atoms with van der Waals surface area (Å²) in [6, 6.07) is 3.42. The number of hydrogen-bond donors (Lipinski definition) is 1. The maximum Gasteiger partial charge on any atom is 0.325 e. The van der Waals surface area contributed by atoms with E-state index in [2.05, 4.69) is 5.32 Å². The number of thiophene rings is 1. The number of nitrogens with one attached hydrogen (secondary N) is 1. The van der Waals surface area contributed by atoms with Crippen molar-refractivity contribution in [1.82, 2.24) is 15.1 Å². The van der Waals surface area contributed by atoms with E-state index in [1.54, 1.807) is 16.2 Å². The minimum Gasteiger partial charge on any atom is -0.342 e. The third kappa shape index (κ3) is 2.85. The molecule has 2 aliphatic rings. The van der Waals surface area contributed by atoms with Gasteiger partial charge in [-0.3, -0.25) is 14.5 Å². The average Bonchev–Trinajstić information content (AvgIpc) is 3.07. The number of carbonyl (C=O) groups is 3. The van der Waals surface area contributed by atoms with Gasteiger partial charge >= 0.3 is 6.03 Å². The number of likely N-dealkylation sites (tertiary alicyclic amines) is 1. The molecule has 2 aliphatic heterocycles. The van der Waals surface area contributed by atoms with Crippen molar-refractivity contribution in [2.45, 2.75) is 44.7 Å². The molecule has 4 amide bonds. The van der Waals surface area contributed by atoms with Gasteiger partial charge in [-0.05, 0) is 38.1 Å². The van der Waals surface area contributed by atoms with Crippen LogP contribution in [0.1, 0.15) is 31.6 Å². The Balaban J connectivity index is 1.63. The Hall–Kier alpha value is -1.89. The molecule has 0 aliphatic carbocycles. The Kier molecular flexibility index (Phi) is 4.14. The molecule has 0 aromatic carbocycles. The van der Waals surface area contributed by atoms with Crippen LogP contribution in [0.2, 0.25) is 0 Å². The van der Waals surface area contributed by atoms with E-state index in [0.717, 1.165) is 4.88 Å². The monoisotopic (exact) mass is 335 g/mol. The highest BCUT2D eigenvalue weighted by Gasteiger charge is 2.53. The first-order valence-corrected chi connectivity index (χ1v) is 8.77. The van der Waals surface area contributed by atoms with E-state index in [-0.39, 0.29) is 23.9 Å². The topological polar surface area (TPSA) is 69.7 Å². The number of piperidine rings is 1. The van der Waals surface area contributed by atoms with Crippen molar-refractivity contribution >= 4 is 29.2 Å². The fourth-order valence-corrected chi connectivity index (χ4v) is 3.96. The van der Waals surface area contributed by atoms with Crippen molar-refractivity contribution < 1.29 is 14.4 Å². The molecule has 0 radical (unpaired) electrons. The quantitative estimate of drug-likeness (QED) is 0.853. The second-order valence-electron chi connectivity index (χ2n) is 6.42. The molecule has 7 heteroatoms. The number of urea groups is 1. The molecule has 1 N–H and O–H groups in total. The lowest BCUT2D eigenvalue weighted by Crippen LogP contribution is -2.56. The first-order valence-electron chi connectivity index (χ1n) is 7.89. The van der Waals surface area contributed by atoms with Crippen LogP contribution in [0.25, 0.3) is 0 Å². The number of rotatable bonds is 3. The van der Waals surface area contributed by atoms with Crippen LogP contribution in [0.15, 0.2) is 17.5 Å². The first-order chi connectivity index (χ1) is 10.9. The largest absolute Gasteiger partial charge is 0.342 e. The fourth-order valence-electron chi connectivity index (χ4n) is 3.26. The Morgan fingerprint density at radius 2 is 2.04 bits per heavy atom. The summed E-state index contributed by atoms with van der Waals surface area (Å²) in [4.78, 5) is 41.1. The van der Waals surface area contributed by atoms with Gasteiger partial charge in [0.2, 0.25) is 5.91 Å². The molecule has 23 heavy (non-hydrogen) atoms. The predicted molar refractivity (Wildman–Crippen MR) is 87.1 cm³/mol. The Morgan fingerprint density at radius 1 is 1.35 bits per heavy atom. The molecule has 1 aromatic rings. The Bertz CT molecular complexity index is 619. The lowest BCUT2D eigenvalue weighted by atomic mass is 9.87.